The van der Waals surface area contributed by atoms with Crippen molar-refractivity contribution in [1.82, 2.24) is 9.78 Å². The Morgan fingerprint density at radius 3 is 2.53 bits per heavy atom. The Morgan fingerprint density at radius 1 is 1.29 bits per heavy atom. The van der Waals surface area contributed by atoms with Gasteiger partial charge in [-0.1, -0.05) is 29.3 Å². The van der Waals surface area contributed by atoms with E-state index in [0.717, 1.165) is 0 Å². The zero-order valence-corrected chi connectivity index (χ0v) is 10.7. The minimum Gasteiger partial charge on any atom is -0.287 e. The zero-order valence-electron chi connectivity index (χ0n) is 9.15. The molecule has 0 amide bonds. The fourth-order valence-corrected chi connectivity index (χ4v) is 2.19. The number of aryl methyl sites for hydroxylation is 1. The van der Waals surface area contributed by atoms with Crippen molar-refractivity contribution in [3.8, 4) is 0 Å². The molecule has 0 unspecified atom stereocenters. The highest BCUT2D eigenvalue weighted by Gasteiger charge is 2.19. The predicted octanol–water partition coefficient (Wildman–Crippen LogP) is 3.44. The van der Waals surface area contributed by atoms with E-state index < -0.39 is 0 Å². The number of hydrogen-bond donors (Lipinski definition) is 0. The third-order valence-electron chi connectivity index (χ3n) is 2.44. The quantitative estimate of drug-likeness (QED) is 0.800. The molecule has 0 radical (unpaired) electrons. The van der Waals surface area contributed by atoms with Crippen LogP contribution in [0.1, 0.15) is 23.0 Å². The molecule has 17 heavy (non-hydrogen) atoms. The lowest BCUT2D eigenvalue weighted by molar-refractivity contribution is 0.102. The standard InChI is InChI=1S/C12H10Cl2N2O/c1-2-16-10(6-7-15-16)12(17)11-8(13)4-3-5-9(11)14/h3-7H,2H2,1H3. The van der Waals surface area contributed by atoms with E-state index in [1.54, 1.807) is 35.1 Å². The summed E-state index contributed by atoms with van der Waals surface area (Å²) in [5.74, 6) is -0.208. The number of halogens is 2. The van der Waals surface area contributed by atoms with Crippen molar-refractivity contribution >= 4 is 29.0 Å². The van der Waals surface area contributed by atoms with Crippen LogP contribution in [0.3, 0.4) is 0 Å². The van der Waals surface area contributed by atoms with E-state index in [1.165, 1.54) is 0 Å². The van der Waals surface area contributed by atoms with E-state index >= 15 is 0 Å². The number of aromatic nitrogens is 2. The van der Waals surface area contributed by atoms with Gasteiger partial charge in [0.15, 0.2) is 0 Å². The predicted molar refractivity (Wildman–Crippen MR) is 67.8 cm³/mol. The normalized spacial score (nSPS) is 10.5. The summed E-state index contributed by atoms with van der Waals surface area (Å²) < 4.78 is 1.61. The van der Waals surface area contributed by atoms with Crippen LogP contribution in [-0.2, 0) is 6.54 Å². The molecule has 0 aliphatic carbocycles. The summed E-state index contributed by atoms with van der Waals surface area (Å²) in [7, 11) is 0. The average molecular weight is 269 g/mol. The summed E-state index contributed by atoms with van der Waals surface area (Å²) in [5, 5.41) is 4.76. The summed E-state index contributed by atoms with van der Waals surface area (Å²) in [6.07, 6.45) is 1.58. The SMILES string of the molecule is CCn1nccc1C(=O)c1c(Cl)cccc1Cl. The van der Waals surface area contributed by atoms with Crippen LogP contribution >= 0.6 is 23.2 Å². The third kappa shape index (κ3) is 2.21. The van der Waals surface area contributed by atoms with Gasteiger partial charge < -0.3 is 0 Å². The summed E-state index contributed by atoms with van der Waals surface area (Å²) in [6.45, 7) is 2.54. The first kappa shape index (κ1) is 12.1. The van der Waals surface area contributed by atoms with Crippen molar-refractivity contribution in [2.45, 2.75) is 13.5 Å². The first-order valence-corrected chi connectivity index (χ1v) is 5.91. The molecule has 5 heteroatoms. The molecule has 1 heterocycles. The second-order valence-electron chi connectivity index (χ2n) is 3.46. The molecule has 1 aromatic carbocycles. The van der Waals surface area contributed by atoms with Gasteiger partial charge in [-0.2, -0.15) is 5.10 Å². The van der Waals surface area contributed by atoms with Gasteiger partial charge in [0.1, 0.15) is 5.69 Å². The molecule has 0 bridgehead atoms. The number of nitrogens with zero attached hydrogens (tertiary/aromatic N) is 2. The fraction of sp³-hybridized carbons (Fsp3) is 0.167. The van der Waals surface area contributed by atoms with E-state index in [-0.39, 0.29) is 5.78 Å². The molecule has 0 fully saturated rings. The first-order valence-electron chi connectivity index (χ1n) is 5.15. The Balaban J connectivity index is 2.51. The maximum absolute atomic E-state index is 12.3. The molecular formula is C12H10Cl2N2O. The molecule has 0 aliphatic rings. The van der Waals surface area contributed by atoms with Gasteiger partial charge in [-0.25, -0.2) is 0 Å². The van der Waals surface area contributed by atoms with Crippen molar-refractivity contribution < 1.29 is 4.79 Å². The van der Waals surface area contributed by atoms with Crippen LogP contribution in [0.15, 0.2) is 30.5 Å². The molecule has 88 valence electrons. The van der Waals surface area contributed by atoms with E-state index in [1.807, 2.05) is 6.92 Å². The zero-order chi connectivity index (χ0) is 12.4. The molecule has 2 aromatic rings. The molecule has 1 aromatic heterocycles. The Labute approximate surface area is 109 Å². The number of ketones is 1. The lowest BCUT2D eigenvalue weighted by Crippen LogP contribution is -2.11. The molecular weight excluding hydrogens is 259 g/mol. The summed E-state index contributed by atoms with van der Waals surface area (Å²) in [5.41, 5.74) is 0.813. The Kier molecular flexibility index (Phi) is 3.50. The number of hydrogen-bond acceptors (Lipinski definition) is 2. The van der Waals surface area contributed by atoms with Gasteiger partial charge in [-0.05, 0) is 25.1 Å². The molecule has 0 saturated carbocycles. The van der Waals surface area contributed by atoms with Gasteiger partial charge in [-0.3, -0.25) is 9.48 Å². The Bertz CT molecular complexity index is 543. The van der Waals surface area contributed by atoms with Gasteiger partial charge in [0.2, 0.25) is 5.78 Å². The second kappa shape index (κ2) is 4.90. The molecule has 0 saturated heterocycles. The molecule has 0 aliphatic heterocycles. The minimum atomic E-state index is -0.208. The van der Waals surface area contributed by atoms with Crippen LogP contribution in [0.5, 0.6) is 0 Å². The van der Waals surface area contributed by atoms with Crippen molar-refractivity contribution in [2.75, 3.05) is 0 Å². The van der Waals surface area contributed by atoms with Gasteiger partial charge in [0, 0.05) is 12.7 Å². The van der Waals surface area contributed by atoms with Gasteiger partial charge >= 0.3 is 0 Å². The highest BCUT2D eigenvalue weighted by Crippen LogP contribution is 2.26. The van der Waals surface area contributed by atoms with Crippen LogP contribution in [-0.4, -0.2) is 15.6 Å². The monoisotopic (exact) mass is 268 g/mol. The smallest absolute Gasteiger partial charge is 0.214 e. The van der Waals surface area contributed by atoms with Crippen LogP contribution in [0.25, 0.3) is 0 Å². The number of carbonyl (C=O) groups is 1. The molecule has 2 rings (SSSR count). The maximum Gasteiger partial charge on any atom is 0.214 e. The largest absolute Gasteiger partial charge is 0.287 e. The van der Waals surface area contributed by atoms with Crippen LogP contribution in [0.4, 0.5) is 0 Å². The molecule has 0 spiro atoms. The minimum absolute atomic E-state index is 0.208. The second-order valence-corrected chi connectivity index (χ2v) is 4.27. The number of rotatable bonds is 3. The van der Waals surface area contributed by atoms with Gasteiger partial charge in [0.25, 0.3) is 0 Å². The molecule has 3 nitrogen and oxygen atoms in total. The van der Waals surface area contributed by atoms with Crippen molar-refractivity contribution in [1.29, 1.82) is 0 Å². The van der Waals surface area contributed by atoms with Crippen LogP contribution in [0.2, 0.25) is 10.0 Å². The first-order chi connectivity index (χ1) is 8.15. The van der Waals surface area contributed by atoms with Crippen molar-refractivity contribution in [3.05, 3.63) is 51.8 Å². The maximum atomic E-state index is 12.3. The van der Waals surface area contributed by atoms with Crippen LogP contribution < -0.4 is 0 Å². The van der Waals surface area contributed by atoms with Gasteiger partial charge in [0.05, 0.1) is 15.6 Å². The molecule has 0 atom stereocenters. The molecule has 0 N–H and O–H groups in total. The van der Waals surface area contributed by atoms with E-state index in [9.17, 15) is 4.79 Å². The van der Waals surface area contributed by atoms with E-state index in [4.69, 9.17) is 23.2 Å². The van der Waals surface area contributed by atoms with Gasteiger partial charge in [-0.15, -0.1) is 0 Å². The van der Waals surface area contributed by atoms with E-state index in [0.29, 0.717) is 27.8 Å². The van der Waals surface area contributed by atoms with Crippen molar-refractivity contribution in [3.63, 3.8) is 0 Å². The number of carbonyl (C=O) groups excluding carboxylic acids is 1. The lowest BCUT2D eigenvalue weighted by atomic mass is 10.1. The summed E-state index contributed by atoms with van der Waals surface area (Å²) >= 11 is 12.0. The summed E-state index contributed by atoms with van der Waals surface area (Å²) in [4.78, 5) is 12.3. The van der Waals surface area contributed by atoms with E-state index in [2.05, 4.69) is 5.10 Å². The summed E-state index contributed by atoms with van der Waals surface area (Å²) in [6, 6.07) is 6.66. The average Bonchev–Trinajstić information content (AvgIpc) is 2.76. The Morgan fingerprint density at radius 2 is 1.94 bits per heavy atom. The number of benzene rings is 1. The van der Waals surface area contributed by atoms with Crippen LogP contribution in [0, 0.1) is 0 Å². The highest BCUT2D eigenvalue weighted by molar-refractivity contribution is 6.40. The topological polar surface area (TPSA) is 34.9 Å². The lowest BCUT2D eigenvalue weighted by Gasteiger charge is -2.07. The highest BCUT2D eigenvalue weighted by atomic mass is 35.5. The fourth-order valence-electron chi connectivity index (χ4n) is 1.62. The Hall–Kier alpha value is -1.32. The third-order valence-corrected chi connectivity index (χ3v) is 3.07. The van der Waals surface area contributed by atoms with Crippen molar-refractivity contribution in [2.24, 2.45) is 0 Å².